The van der Waals surface area contributed by atoms with Gasteiger partial charge in [-0.25, -0.2) is 4.79 Å². The van der Waals surface area contributed by atoms with Crippen molar-refractivity contribution in [1.82, 2.24) is 0 Å². The number of carboxylic acids is 1. The standard InChI is InChI=1S/C6H3ClO3S/c7-5(8)3-1-2-11-4(3)6(9)10/h1-2H,(H,9,10). The van der Waals surface area contributed by atoms with Gasteiger partial charge in [-0.1, -0.05) is 0 Å². The van der Waals surface area contributed by atoms with Crippen molar-refractivity contribution in [3.05, 3.63) is 21.9 Å². The van der Waals surface area contributed by atoms with Crippen LogP contribution in [0.5, 0.6) is 0 Å². The molecule has 1 aromatic rings. The second kappa shape index (κ2) is 3.02. The molecule has 0 aliphatic carbocycles. The van der Waals surface area contributed by atoms with Crippen LogP contribution in [-0.4, -0.2) is 16.3 Å². The van der Waals surface area contributed by atoms with Crippen LogP contribution >= 0.6 is 22.9 Å². The van der Waals surface area contributed by atoms with Crippen molar-refractivity contribution < 1.29 is 14.7 Å². The number of carbonyl (C=O) groups excluding carboxylic acids is 1. The van der Waals surface area contributed by atoms with Crippen LogP contribution in [0.3, 0.4) is 0 Å². The van der Waals surface area contributed by atoms with Gasteiger partial charge < -0.3 is 5.11 Å². The van der Waals surface area contributed by atoms with Crippen LogP contribution in [0.15, 0.2) is 11.4 Å². The molecule has 0 aliphatic rings. The fourth-order valence-electron chi connectivity index (χ4n) is 0.630. The van der Waals surface area contributed by atoms with Crippen LogP contribution in [0.2, 0.25) is 0 Å². The highest BCUT2D eigenvalue weighted by Crippen LogP contribution is 2.18. The Bertz CT molecular complexity index is 276. The second-order valence-electron chi connectivity index (χ2n) is 1.74. The van der Waals surface area contributed by atoms with Crippen molar-refractivity contribution in [2.75, 3.05) is 0 Å². The van der Waals surface area contributed by atoms with Crippen molar-refractivity contribution >= 4 is 34.1 Å². The third kappa shape index (κ3) is 1.58. The van der Waals surface area contributed by atoms with Crippen LogP contribution in [0.1, 0.15) is 20.0 Å². The van der Waals surface area contributed by atoms with Crippen molar-refractivity contribution in [1.29, 1.82) is 0 Å². The summed E-state index contributed by atoms with van der Waals surface area (Å²) in [5.41, 5.74) is 0.0594. The molecule has 0 radical (unpaired) electrons. The number of carboxylic acid groups (broad SMARTS) is 1. The van der Waals surface area contributed by atoms with Crippen molar-refractivity contribution in [3.63, 3.8) is 0 Å². The Morgan fingerprint density at radius 2 is 2.18 bits per heavy atom. The summed E-state index contributed by atoms with van der Waals surface area (Å²) in [7, 11) is 0. The predicted molar refractivity (Wildman–Crippen MR) is 41.5 cm³/mol. The van der Waals surface area contributed by atoms with E-state index < -0.39 is 11.2 Å². The molecule has 0 saturated carbocycles. The smallest absolute Gasteiger partial charge is 0.346 e. The molecule has 0 aromatic carbocycles. The van der Waals surface area contributed by atoms with Crippen molar-refractivity contribution in [3.8, 4) is 0 Å². The normalized spacial score (nSPS) is 9.55. The zero-order chi connectivity index (χ0) is 8.43. The average molecular weight is 191 g/mol. The predicted octanol–water partition coefficient (Wildman–Crippen LogP) is 1.83. The summed E-state index contributed by atoms with van der Waals surface area (Å²) in [4.78, 5) is 20.9. The third-order valence-corrected chi connectivity index (χ3v) is 2.18. The molecular formula is C6H3ClO3S. The summed E-state index contributed by atoms with van der Waals surface area (Å²) in [5.74, 6) is -1.12. The van der Waals surface area contributed by atoms with Gasteiger partial charge in [-0.3, -0.25) is 4.79 Å². The van der Waals surface area contributed by atoms with Gasteiger partial charge in [0.25, 0.3) is 5.24 Å². The molecule has 3 nitrogen and oxygen atoms in total. The van der Waals surface area contributed by atoms with E-state index >= 15 is 0 Å². The van der Waals surface area contributed by atoms with E-state index in [4.69, 9.17) is 16.7 Å². The lowest BCUT2D eigenvalue weighted by atomic mass is 10.3. The first-order valence-electron chi connectivity index (χ1n) is 2.63. The maximum atomic E-state index is 10.5. The van der Waals surface area contributed by atoms with Gasteiger partial charge in [-0.2, -0.15) is 0 Å². The highest BCUT2D eigenvalue weighted by atomic mass is 35.5. The minimum Gasteiger partial charge on any atom is -0.477 e. The van der Waals surface area contributed by atoms with Crippen LogP contribution in [0, 0.1) is 0 Å². The lowest BCUT2D eigenvalue weighted by Gasteiger charge is -1.89. The molecule has 58 valence electrons. The van der Waals surface area contributed by atoms with Gasteiger partial charge in [0.1, 0.15) is 4.88 Å². The highest BCUT2D eigenvalue weighted by molar-refractivity contribution is 7.12. The van der Waals surface area contributed by atoms with Gasteiger partial charge in [0.2, 0.25) is 0 Å². The Morgan fingerprint density at radius 1 is 1.55 bits per heavy atom. The quantitative estimate of drug-likeness (QED) is 0.724. The first kappa shape index (κ1) is 8.23. The van der Waals surface area contributed by atoms with E-state index in [9.17, 15) is 9.59 Å². The minimum absolute atomic E-state index is 0.00926. The van der Waals surface area contributed by atoms with E-state index in [1.165, 1.54) is 11.4 Å². The molecule has 0 atom stereocenters. The zero-order valence-electron chi connectivity index (χ0n) is 5.20. The van der Waals surface area contributed by atoms with E-state index in [-0.39, 0.29) is 10.4 Å². The maximum Gasteiger partial charge on any atom is 0.346 e. The largest absolute Gasteiger partial charge is 0.477 e. The minimum atomic E-state index is -1.12. The van der Waals surface area contributed by atoms with Crippen LogP contribution in [0.25, 0.3) is 0 Å². The monoisotopic (exact) mass is 190 g/mol. The molecule has 0 amide bonds. The molecule has 1 aromatic heterocycles. The topological polar surface area (TPSA) is 54.4 Å². The molecule has 0 spiro atoms. The number of rotatable bonds is 2. The first-order chi connectivity index (χ1) is 5.13. The van der Waals surface area contributed by atoms with Crippen LogP contribution in [-0.2, 0) is 0 Å². The molecule has 0 fully saturated rings. The van der Waals surface area contributed by atoms with Crippen molar-refractivity contribution in [2.24, 2.45) is 0 Å². The first-order valence-corrected chi connectivity index (χ1v) is 3.89. The van der Waals surface area contributed by atoms with Gasteiger partial charge in [0.05, 0.1) is 5.56 Å². The number of carbonyl (C=O) groups is 2. The van der Waals surface area contributed by atoms with E-state index in [1.54, 1.807) is 0 Å². The molecule has 0 bridgehead atoms. The molecule has 11 heavy (non-hydrogen) atoms. The molecule has 0 aliphatic heterocycles. The number of aromatic carboxylic acids is 1. The zero-order valence-corrected chi connectivity index (χ0v) is 6.78. The van der Waals surface area contributed by atoms with E-state index in [0.717, 1.165) is 11.3 Å². The molecule has 0 unspecified atom stereocenters. The molecule has 1 heterocycles. The van der Waals surface area contributed by atoms with E-state index in [0.29, 0.717) is 0 Å². The summed E-state index contributed by atoms with van der Waals surface area (Å²) in [6.07, 6.45) is 0. The van der Waals surface area contributed by atoms with Gasteiger partial charge in [0, 0.05) is 0 Å². The Hall–Kier alpha value is -0.870. The summed E-state index contributed by atoms with van der Waals surface area (Å²) >= 11 is 6.08. The lowest BCUT2D eigenvalue weighted by molar-refractivity contribution is 0.0699. The number of hydrogen-bond donors (Lipinski definition) is 1. The SMILES string of the molecule is O=C(Cl)c1ccsc1C(=O)O. The highest BCUT2D eigenvalue weighted by Gasteiger charge is 2.15. The fourth-order valence-corrected chi connectivity index (χ4v) is 1.57. The molecule has 0 saturated heterocycles. The van der Waals surface area contributed by atoms with Crippen LogP contribution < -0.4 is 0 Å². The van der Waals surface area contributed by atoms with Gasteiger partial charge in [-0.15, -0.1) is 11.3 Å². The molecular weight excluding hydrogens is 188 g/mol. The molecule has 1 N–H and O–H groups in total. The molecule has 1 rings (SSSR count). The molecule has 5 heteroatoms. The lowest BCUT2D eigenvalue weighted by Crippen LogP contribution is -1.99. The van der Waals surface area contributed by atoms with Crippen molar-refractivity contribution in [2.45, 2.75) is 0 Å². The van der Waals surface area contributed by atoms with Gasteiger partial charge in [-0.05, 0) is 23.0 Å². The third-order valence-electron chi connectivity index (χ3n) is 1.07. The number of hydrogen-bond acceptors (Lipinski definition) is 3. The Kier molecular flexibility index (Phi) is 2.26. The number of thiophene rings is 1. The van der Waals surface area contributed by atoms with Crippen LogP contribution in [0.4, 0.5) is 0 Å². The average Bonchev–Trinajstić information content (AvgIpc) is 2.32. The fraction of sp³-hybridized carbons (Fsp3) is 0. The van der Waals surface area contributed by atoms with E-state index in [1.807, 2.05) is 0 Å². The summed E-state index contributed by atoms with van der Waals surface area (Å²) in [5, 5.41) is 9.28. The summed E-state index contributed by atoms with van der Waals surface area (Å²) in [6.45, 7) is 0. The number of halogens is 1. The van der Waals surface area contributed by atoms with E-state index in [2.05, 4.69) is 0 Å². The summed E-state index contributed by atoms with van der Waals surface area (Å²) in [6, 6.07) is 1.39. The van der Waals surface area contributed by atoms with Gasteiger partial charge >= 0.3 is 5.97 Å². The summed E-state index contributed by atoms with van der Waals surface area (Å²) < 4.78 is 0. The second-order valence-corrected chi connectivity index (χ2v) is 3.00. The Morgan fingerprint density at radius 3 is 2.55 bits per heavy atom. The Balaban J connectivity index is 3.16. The van der Waals surface area contributed by atoms with Gasteiger partial charge in [0.15, 0.2) is 0 Å². The Labute approximate surface area is 71.2 Å². The maximum absolute atomic E-state index is 10.5.